The summed E-state index contributed by atoms with van der Waals surface area (Å²) in [6.45, 7) is 0. The van der Waals surface area contributed by atoms with Gasteiger partial charge in [0.05, 0.1) is 12.1 Å². The first kappa shape index (κ1) is 9.63. The number of allylic oxidation sites excluding steroid dienone is 4. The first-order valence-electron chi connectivity index (χ1n) is 4.66. The number of nitrogens with zero attached hydrogens (tertiary/aromatic N) is 2. The topological polar surface area (TPSA) is 47.6 Å². The summed E-state index contributed by atoms with van der Waals surface area (Å²) in [6, 6.07) is 4.55. The van der Waals surface area contributed by atoms with Gasteiger partial charge in [-0.15, -0.1) is 0 Å². The van der Waals surface area contributed by atoms with E-state index in [1.165, 1.54) is 0 Å². The molecule has 1 saturated carbocycles. The minimum absolute atomic E-state index is 0.124. The van der Waals surface area contributed by atoms with Crippen molar-refractivity contribution >= 4 is 31.9 Å². The number of hydrogen-bond donors (Lipinski definition) is 0. The molecule has 0 aromatic heterocycles. The van der Waals surface area contributed by atoms with Crippen LogP contribution in [0.5, 0.6) is 0 Å². The molecule has 4 atom stereocenters. The quantitative estimate of drug-likeness (QED) is 0.643. The van der Waals surface area contributed by atoms with Crippen molar-refractivity contribution in [3.8, 4) is 12.1 Å². The molecule has 0 aromatic carbocycles. The molecule has 4 heteroatoms. The van der Waals surface area contributed by atoms with Crippen molar-refractivity contribution in [1.29, 1.82) is 10.5 Å². The number of halogens is 2. The SMILES string of the molecule is N#CC1=C[C@H](Br)[C@]23C[C@@]12[C@@H](Br)C=C3C#N. The minimum Gasteiger partial charge on any atom is -0.193 e. The Balaban J connectivity index is 2.19. The summed E-state index contributed by atoms with van der Waals surface area (Å²) >= 11 is 7.18. The zero-order valence-electron chi connectivity index (χ0n) is 7.67. The Hall–Kier alpha value is -0.580. The predicted octanol–water partition coefficient (Wildman–Crippen LogP) is 2.82. The van der Waals surface area contributed by atoms with E-state index in [1.54, 1.807) is 0 Å². The van der Waals surface area contributed by atoms with Crippen LogP contribution in [0.2, 0.25) is 0 Å². The Kier molecular flexibility index (Phi) is 1.65. The summed E-state index contributed by atoms with van der Waals surface area (Å²) in [6.07, 6.45) is 4.84. The van der Waals surface area contributed by atoms with Gasteiger partial charge in [0.1, 0.15) is 0 Å². The fraction of sp³-hybridized carbons (Fsp3) is 0.455. The van der Waals surface area contributed by atoms with E-state index in [0.29, 0.717) is 0 Å². The third-order valence-corrected chi connectivity index (χ3v) is 6.09. The lowest BCUT2D eigenvalue weighted by Crippen LogP contribution is -2.18. The minimum atomic E-state index is -0.124. The first-order valence-corrected chi connectivity index (χ1v) is 6.49. The normalized spacial score (nSPS) is 49.6. The van der Waals surface area contributed by atoms with Crippen molar-refractivity contribution in [2.24, 2.45) is 10.8 Å². The number of hydrogen-bond acceptors (Lipinski definition) is 2. The van der Waals surface area contributed by atoms with Crippen LogP contribution in [0.25, 0.3) is 0 Å². The highest BCUT2D eigenvalue weighted by Gasteiger charge is 2.81. The van der Waals surface area contributed by atoms with Gasteiger partial charge in [-0.2, -0.15) is 10.5 Å². The van der Waals surface area contributed by atoms with Crippen LogP contribution in [0.15, 0.2) is 23.3 Å². The van der Waals surface area contributed by atoms with Crippen LogP contribution in [0.4, 0.5) is 0 Å². The molecule has 74 valence electrons. The highest BCUT2D eigenvalue weighted by Crippen LogP contribution is 2.83. The van der Waals surface area contributed by atoms with Crippen LogP contribution >= 0.6 is 31.9 Å². The van der Waals surface area contributed by atoms with Crippen molar-refractivity contribution < 1.29 is 0 Å². The van der Waals surface area contributed by atoms with E-state index in [-0.39, 0.29) is 20.5 Å². The molecule has 0 radical (unpaired) electrons. The van der Waals surface area contributed by atoms with Gasteiger partial charge >= 0.3 is 0 Å². The molecule has 0 bridgehead atoms. The molecule has 0 N–H and O–H groups in total. The molecule has 2 nitrogen and oxygen atoms in total. The molecule has 3 aliphatic rings. The zero-order valence-corrected chi connectivity index (χ0v) is 10.8. The molecule has 1 fully saturated rings. The molecule has 15 heavy (non-hydrogen) atoms. The van der Waals surface area contributed by atoms with Crippen molar-refractivity contribution in [2.75, 3.05) is 0 Å². The summed E-state index contributed by atoms with van der Waals surface area (Å²) in [7, 11) is 0. The van der Waals surface area contributed by atoms with Crippen molar-refractivity contribution in [3.63, 3.8) is 0 Å². The third kappa shape index (κ3) is 0.747. The molecule has 3 aliphatic carbocycles. The van der Waals surface area contributed by atoms with Crippen LogP contribution in [0.1, 0.15) is 6.42 Å². The molecule has 0 amide bonds. The standard InChI is InChI=1S/C11H6Br2N2/c12-8-1-6(3-14)10-5-11(8,10)7(4-15)2-9(10)13/h1-2,8-9H,5H2/t8-,9-,10-,11+/m0/s1. The van der Waals surface area contributed by atoms with Crippen LogP contribution < -0.4 is 0 Å². The molecule has 0 saturated heterocycles. The maximum atomic E-state index is 9.13. The van der Waals surface area contributed by atoms with Gasteiger partial charge in [0.25, 0.3) is 0 Å². The van der Waals surface area contributed by atoms with Gasteiger partial charge in [-0.05, 0) is 6.42 Å². The van der Waals surface area contributed by atoms with E-state index < -0.39 is 0 Å². The van der Waals surface area contributed by atoms with Crippen LogP contribution in [-0.2, 0) is 0 Å². The predicted molar refractivity (Wildman–Crippen MR) is 62.3 cm³/mol. The lowest BCUT2D eigenvalue weighted by atomic mass is 9.91. The molecule has 0 aliphatic heterocycles. The number of nitriles is 2. The molecule has 0 unspecified atom stereocenters. The van der Waals surface area contributed by atoms with Gasteiger partial charge < -0.3 is 0 Å². The average molecular weight is 326 g/mol. The van der Waals surface area contributed by atoms with E-state index >= 15 is 0 Å². The summed E-state index contributed by atoms with van der Waals surface area (Å²) < 4.78 is 0. The maximum Gasteiger partial charge on any atom is 0.0951 e. The monoisotopic (exact) mass is 324 g/mol. The summed E-state index contributed by atoms with van der Waals surface area (Å²) in [5, 5.41) is 18.3. The molecular formula is C11H6Br2N2. The highest BCUT2D eigenvalue weighted by molar-refractivity contribution is 9.10. The molecular weight excluding hydrogens is 320 g/mol. The van der Waals surface area contributed by atoms with Crippen molar-refractivity contribution in [2.45, 2.75) is 16.1 Å². The van der Waals surface area contributed by atoms with Gasteiger partial charge in [-0.25, -0.2) is 0 Å². The van der Waals surface area contributed by atoms with Gasteiger partial charge in [0, 0.05) is 31.6 Å². The van der Waals surface area contributed by atoms with Crippen LogP contribution in [0.3, 0.4) is 0 Å². The highest BCUT2D eigenvalue weighted by atomic mass is 79.9. The second kappa shape index (κ2) is 2.56. The van der Waals surface area contributed by atoms with Gasteiger partial charge in [-0.3, -0.25) is 0 Å². The number of alkyl halides is 2. The Morgan fingerprint density at radius 1 is 1.07 bits per heavy atom. The molecule has 0 heterocycles. The molecule has 0 aromatic rings. The Bertz CT molecular complexity index is 462. The lowest BCUT2D eigenvalue weighted by molar-refractivity contribution is 0.550. The smallest absolute Gasteiger partial charge is 0.0951 e. The molecule has 0 spiro atoms. The lowest BCUT2D eigenvalue weighted by Gasteiger charge is -2.15. The Morgan fingerprint density at radius 3 is 1.80 bits per heavy atom. The first-order chi connectivity index (χ1) is 7.13. The van der Waals surface area contributed by atoms with Crippen LogP contribution in [-0.4, -0.2) is 9.65 Å². The second-order valence-electron chi connectivity index (χ2n) is 4.31. The zero-order chi connectivity index (χ0) is 10.8. The Labute approximate surface area is 105 Å². The number of rotatable bonds is 0. The van der Waals surface area contributed by atoms with E-state index in [1.807, 2.05) is 12.2 Å². The van der Waals surface area contributed by atoms with Gasteiger partial charge in [-0.1, -0.05) is 44.0 Å². The van der Waals surface area contributed by atoms with Crippen molar-refractivity contribution in [3.05, 3.63) is 23.3 Å². The van der Waals surface area contributed by atoms with E-state index in [0.717, 1.165) is 17.6 Å². The second-order valence-corrected chi connectivity index (χ2v) is 6.28. The fourth-order valence-electron chi connectivity index (χ4n) is 3.20. The maximum absolute atomic E-state index is 9.13. The molecule has 3 rings (SSSR count). The third-order valence-electron chi connectivity index (χ3n) is 4.00. The summed E-state index contributed by atoms with van der Waals surface area (Å²) in [4.78, 5) is 0.265. The van der Waals surface area contributed by atoms with Gasteiger partial charge in [0.15, 0.2) is 0 Å². The van der Waals surface area contributed by atoms with Gasteiger partial charge in [0.2, 0.25) is 0 Å². The summed E-state index contributed by atoms with van der Waals surface area (Å²) in [5.74, 6) is 0. The van der Waals surface area contributed by atoms with Crippen molar-refractivity contribution in [1.82, 2.24) is 0 Å². The van der Waals surface area contributed by atoms with Crippen LogP contribution in [0, 0.1) is 33.5 Å². The largest absolute Gasteiger partial charge is 0.193 e. The fourth-order valence-corrected chi connectivity index (χ4v) is 5.36. The van der Waals surface area contributed by atoms with E-state index in [9.17, 15) is 0 Å². The van der Waals surface area contributed by atoms with E-state index in [2.05, 4.69) is 44.0 Å². The van der Waals surface area contributed by atoms with E-state index in [4.69, 9.17) is 10.5 Å². The Morgan fingerprint density at radius 2 is 1.47 bits per heavy atom. The average Bonchev–Trinajstić information content (AvgIpc) is 2.81. The summed E-state index contributed by atoms with van der Waals surface area (Å²) in [5.41, 5.74) is 1.41.